The van der Waals surface area contributed by atoms with Crippen LogP contribution in [0.1, 0.15) is 13.3 Å². The molecule has 40 valence electrons. The average molecular weight is 99.1 g/mol. The second-order valence-electron chi connectivity index (χ2n) is 1.18. The van der Waals surface area contributed by atoms with E-state index in [1.807, 2.05) is 0 Å². The molecule has 0 saturated heterocycles. The fourth-order valence-electron chi connectivity index (χ4n) is 0.225. The van der Waals surface area contributed by atoms with Crippen LogP contribution in [0, 0.1) is 0 Å². The van der Waals surface area contributed by atoms with E-state index in [-0.39, 0.29) is 5.78 Å². The topological polar surface area (TPSA) is 43.1 Å². The van der Waals surface area contributed by atoms with Crippen molar-refractivity contribution in [3.63, 3.8) is 0 Å². The number of ketones is 1. The van der Waals surface area contributed by atoms with E-state index in [2.05, 4.69) is 0 Å². The Morgan fingerprint density at radius 3 is 2.57 bits per heavy atom. The lowest BCUT2D eigenvalue weighted by molar-refractivity contribution is -0.114. The summed E-state index contributed by atoms with van der Waals surface area (Å²) in [7, 11) is 0. The summed E-state index contributed by atoms with van der Waals surface area (Å²) in [6.45, 7) is 1.79. The van der Waals surface area contributed by atoms with Gasteiger partial charge in [-0.25, -0.2) is 0 Å². The van der Waals surface area contributed by atoms with Gasteiger partial charge < -0.3 is 5.73 Å². The zero-order chi connectivity index (χ0) is 5.70. The molecule has 0 aromatic heterocycles. The van der Waals surface area contributed by atoms with E-state index in [0.717, 1.165) is 0 Å². The predicted molar refractivity (Wildman–Crippen MR) is 28.6 cm³/mol. The third kappa shape index (κ3) is 3.03. The summed E-state index contributed by atoms with van der Waals surface area (Å²) in [5.41, 5.74) is 4.90. The molecule has 2 heteroatoms. The number of nitrogens with two attached hydrogens (primary N) is 1. The fraction of sp³-hybridized carbons (Fsp3) is 0.400. The number of hydrogen-bond donors (Lipinski definition) is 1. The smallest absolute Gasteiger partial charge is 0.156 e. The quantitative estimate of drug-likeness (QED) is 0.510. The molecule has 0 aromatic rings. The lowest BCUT2D eigenvalue weighted by Crippen LogP contribution is -1.89. The van der Waals surface area contributed by atoms with Gasteiger partial charge in [-0.05, 0) is 12.3 Å². The lowest BCUT2D eigenvalue weighted by Gasteiger charge is -1.78. The highest BCUT2D eigenvalue weighted by molar-refractivity contribution is 5.89. The Morgan fingerprint density at radius 2 is 2.43 bits per heavy atom. The molecule has 0 aliphatic rings. The van der Waals surface area contributed by atoms with Gasteiger partial charge in [0.1, 0.15) is 0 Å². The molecule has 0 saturated carbocycles. The van der Waals surface area contributed by atoms with Crippen LogP contribution in [0.3, 0.4) is 0 Å². The molecule has 0 radical (unpaired) electrons. The Balaban J connectivity index is 3.37. The minimum Gasteiger partial charge on any atom is -0.404 e. The van der Waals surface area contributed by atoms with Crippen molar-refractivity contribution in [2.45, 2.75) is 13.3 Å². The lowest BCUT2D eigenvalue weighted by atomic mass is 10.3. The van der Waals surface area contributed by atoms with E-state index >= 15 is 0 Å². The SMILES string of the molecule is CCC(=O)/C=C\N. The summed E-state index contributed by atoms with van der Waals surface area (Å²) in [4.78, 5) is 10.2. The number of allylic oxidation sites excluding steroid dienone is 1. The van der Waals surface area contributed by atoms with E-state index < -0.39 is 0 Å². The third-order valence-corrected chi connectivity index (χ3v) is 0.631. The van der Waals surface area contributed by atoms with E-state index in [1.165, 1.54) is 12.3 Å². The van der Waals surface area contributed by atoms with Gasteiger partial charge in [0.25, 0.3) is 0 Å². The van der Waals surface area contributed by atoms with Crippen molar-refractivity contribution in [3.8, 4) is 0 Å². The van der Waals surface area contributed by atoms with Crippen LogP contribution in [0.25, 0.3) is 0 Å². The van der Waals surface area contributed by atoms with Crippen LogP contribution < -0.4 is 5.73 Å². The average Bonchev–Trinajstić information content (AvgIpc) is 1.68. The molecule has 0 unspecified atom stereocenters. The maximum Gasteiger partial charge on any atom is 0.156 e. The van der Waals surface area contributed by atoms with Crippen LogP contribution in [0.15, 0.2) is 12.3 Å². The highest BCUT2D eigenvalue weighted by Crippen LogP contribution is 1.78. The summed E-state index contributed by atoms with van der Waals surface area (Å²) in [6, 6.07) is 0. The Hall–Kier alpha value is -0.790. The molecule has 0 aromatic carbocycles. The van der Waals surface area contributed by atoms with E-state index in [1.54, 1.807) is 6.92 Å². The van der Waals surface area contributed by atoms with Crippen LogP contribution in [-0.4, -0.2) is 5.78 Å². The van der Waals surface area contributed by atoms with Gasteiger partial charge in [-0.15, -0.1) is 0 Å². The van der Waals surface area contributed by atoms with Crippen molar-refractivity contribution in [2.75, 3.05) is 0 Å². The highest BCUT2D eigenvalue weighted by atomic mass is 16.1. The van der Waals surface area contributed by atoms with Crippen molar-refractivity contribution in [2.24, 2.45) is 5.73 Å². The first-order valence-corrected chi connectivity index (χ1v) is 2.22. The number of carbonyl (C=O) groups excluding carboxylic acids is 1. The van der Waals surface area contributed by atoms with Gasteiger partial charge in [0.05, 0.1) is 0 Å². The molecular formula is C5H9NO. The Kier molecular flexibility index (Phi) is 3.02. The van der Waals surface area contributed by atoms with E-state index in [4.69, 9.17) is 5.73 Å². The molecule has 0 spiro atoms. The Labute approximate surface area is 43.0 Å². The summed E-state index contributed by atoms with van der Waals surface area (Å²) < 4.78 is 0. The molecule has 0 aliphatic carbocycles. The zero-order valence-electron chi connectivity index (χ0n) is 4.35. The van der Waals surface area contributed by atoms with Crippen molar-refractivity contribution >= 4 is 5.78 Å². The molecule has 0 fully saturated rings. The maximum absolute atomic E-state index is 10.2. The minimum absolute atomic E-state index is 0.0718. The van der Waals surface area contributed by atoms with Crippen LogP contribution in [0.5, 0.6) is 0 Å². The molecule has 0 bridgehead atoms. The summed E-state index contributed by atoms with van der Waals surface area (Å²) in [5.74, 6) is 0.0718. The number of rotatable bonds is 2. The molecule has 0 aliphatic heterocycles. The van der Waals surface area contributed by atoms with Gasteiger partial charge in [-0.2, -0.15) is 0 Å². The fourth-order valence-corrected chi connectivity index (χ4v) is 0.225. The van der Waals surface area contributed by atoms with Crippen molar-refractivity contribution in [1.82, 2.24) is 0 Å². The van der Waals surface area contributed by atoms with E-state index in [9.17, 15) is 4.79 Å². The predicted octanol–water partition coefficient (Wildman–Crippen LogP) is 0.438. The molecule has 0 rings (SSSR count). The van der Waals surface area contributed by atoms with Crippen LogP contribution in [-0.2, 0) is 4.79 Å². The van der Waals surface area contributed by atoms with Crippen LogP contribution in [0.2, 0.25) is 0 Å². The van der Waals surface area contributed by atoms with Gasteiger partial charge in [0.15, 0.2) is 5.78 Å². The van der Waals surface area contributed by atoms with Gasteiger partial charge in [0, 0.05) is 6.42 Å². The Bertz CT molecular complexity index is 86.1. The summed E-state index contributed by atoms with van der Waals surface area (Å²) >= 11 is 0. The second kappa shape index (κ2) is 3.40. The minimum atomic E-state index is 0.0718. The van der Waals surface area contributed by atoms with Gasteiger partial charge in [0.2, 0.25) is 0 Å². The van der Waals surface area contributed by atoms with Crippen molar-refractivity contribution < 1.29 is 4.79 Å². The number of hydrogen-bond acceptors (Lipinski definition) is 2. The molecule has 0 amide bonds. The monoisotopic (exact) mass is 99.1 g/mol. The Morgan fingerprint density at radius 1 is 1.86 bits per heavy atom. The normalized spacial score (nSPS) is 9.86. The van der Waals surface area contributed by atoms with Crippen molar-refractivity contribution in [1.29, 1.82) is 0 Å². The van der Waals surface area contributed by atoms with Crippen molar-refractivity contribution in [3.05, 3.63) is 12.3 Å². The first-order valence-electron chi connectivity index (χ1n) is 2.22. The van der Waals surface area contributed by atoms with Crippen LogP contribution >= 0.6 is 0 Å². The zero-order valence-corrected chi connectivity index (χ0v) is 4.35. The molecule has 2 N–H and O–H groups in total. The second-order valence-corrected chi connectivity index (χ2v) is 1.18. The largest absolute Gasteiger partial charge is 0.404 e. The van der Waals surface area contributed by atoms with Gasteiger partial charge in [-0.1, -0.05) is 6.92 Å². The highest BCUT2D eigenvalue weighted by Gasteiger charge is 1.84. The molecule has 0 heterocycles. The number of carbonyl (C=O) groups is 1. The molecular weight excluding hydrogens is 90.1 g/mol. The van der Waals surface area contributed by atoms with Crippen LogP contribution in [0.4, 0.5) is 0 Å². The first kappa shape index (κ1) is 6.21. The summed E-state index contributed by atoms with van der Waals surface area (Å²) in [6.07, 6.45) is 3.15. The standard InChI is InChI=1S/C5H9NO/c1-2-5(7)3-4-6/h3-4H,2,6H2,1H3/b4-3-. The molecule has 7 heavy (non-hydrogen) atoms. The molecule has 2 nitrogen and oxygen atoms in total. The van der Waals surface area contributed by atoms with Gasteiger partial charge >= 0.3 is 0 Å². The first-order chi connectivity index (χ1) is 3.31. The maximum atomic E-state index is 10.2. The summed E-state index contributed by atoms with van der Waals surface area (Å²) in [5, 5.41) is 0. The van der Waals surface area contributed by atoms with E-state index in [0.29, 0.717) is 6.42 Å². The van der Waals surface area contributed by atoms with Gasteiger partial charge in [-0.3, -0.25) is 4.79 Å². The third-order valence-electron chi connectivity index (χ3n) is 0.631. The molecule has 0 atom stereocenters.